The summed E-state index contributed by atoms with van der Waals surface area (Å²) >= 11 is 0. The molecule has 1 aliphatic carbocycles. The average molecular weight is 324 g/mol. The summed E-state index contributed by atoms with van der Waals surface area (Å²) in [5.74, 6) is -1.14. The first-order valence-electron chi connectivity index (χ1n) is 8.90. The van der Waals surface area contributed by atoms with E-state index in [0.29, 0.717) is 29.9 Å². The van der Waals surface area contributed by atoms with Gasteiger partial charge in [-0.1, -0.05) is 51.9 Å². The highest BCUT2D eigenvalue weighted by Crippen LogP contribution is 2.30. The number of benzene rings is 1. The molecule has 2 N–H and O–H groups in total. The highest BCUT2D eigenvalue weighted by Gasteiger charge is 2.29. The molecular formula is C18H27BF2O2. The predicted molar refractivity (Wildman–Crippen MR) is 89.7 cm³/mol. The summed E-state index contributed by atoms with van der Waals surface area (Å²) in [5.41, 5.74) is 0.554. The van der Waals surface area contributed by atoms with E-state index in [1.165, 1.54) is 44.6 Å². The summed E-state index contributed by atoms with van der Waals surface area (Å²) in [6, 6.07) is 1.29. The van der Waals surface area contributed by atoms with E-state index in [4.69, 9.17) is 10.0 Å². The lowest BCUT2D eigenvalue weighted by Gasteiger charge is -2.26. The minimum atomic E-state index is -2.10. The van der Waals surface area contributed by atoms with Crippen molar-refractivity contribution in [1.29, 1.82) is 0 Å². The van der Waals surface area contributed by atoms with E-state index in [1.807, 2.05) is 0 Å². The Morgan fingerprint density at radius 1 is 1.13 bits per heavy atom. The van der Waals surface area contributed by atoms with Crippen LogP contribution in [0.15, 0.2) is 6.07 Å². The smallest absolute Gasteiger partial charge is 0.423 e. The quantitative estimate of drug-likeness (QED) is 0.568. The third kappa shape index (κ3) is 4.77. The van der Waals surface area contributed by atoms with Crippen LogP contribution in [0.3, 0.4) is 0 Å². The summed E-state index contributed by atoms with van der Waals surface area (Å²) in [6.07, 6.45) is 10.8. The molecule has 1 aliphatic rings. The van der Waals surface area contributed by atoms with Crippen LogP contribution in [-0.4, -0.2) is 17.2 Å². The maximum Gasteiger partial charge on any atom is 0.494 e. The molecule has 0 bridgehead atoms. The Balaban J connectivity index is 1.91. The van der Waals surface area contributed by atoms with E-state index in [0.717, 1.165) is 12.8 Å². The lowest BCUT2D eigenvalue weighted by molar-refractivity contribution is 0.393. The summed E-state index contributed by atoms with van der Waals surface area (Å²) in [7, 11) is -2.10. The lowest BCUT2D eigenvalue weighted by Crippen LogP contribution is -2.37. The third-order valence-electron chi connectivity index (χ3n) is 4.98. The zero-order valence-corrected chi connectivity index (χ0v) is 14.0. The second-order valence-electron chi connectivity index (χ2n) is 6.76. The van der Waals surface area contributed by atoms with Crippen LogP contribution in [0.25, 0.3) is 0 Å². The van der Waals surface area contributed by atoms with Crippen molar-refractivity contribution in [3.63, 3.8) is 0 Å². The van der Waals surface area contributed by atoms with Gasteiger partial charge in [0.05, 0.1) is 5.46 Å². The topological polar surface area (TPSA) is 40.5 Å². The van der Waals surface area contributed by atoms with Gasteiger partial charge in [-0.05, 0) is 42.4 Å². The van der Waals surface area contributed by atoms with E-state index < -0.39 is 24.2 Å². The van der Waals surface area contributed by atoms with Gasteiger partial charge in [0, 0.05) is 0 Å². The molecule has 128 valence electrons. The molecule has 0 spiro atoms. The first-order valence-corrected chi connectivity index (χ1v) is 8.90. The van der Waals surface area contributed by atoms with Gasteiger partial charge in [-0.2, -0.15) is 0 Å². The van der Waals surface area contributed by atoms with Gasteiger partial charge in [0.2, 0.25) is 0 Å². The van der Waals surface area contributed by atoms with E-state index in [-0.39, 0.29) is 0 Å². The molecule has 2 rings (SSSR count). The number of rotatable bonds is 8. The first kappa shape index (κ1) is 18.4. The van der Waals surface area contributed by atoms with Crippen molar-refractivity contribution in [2.24, 2.45) is 5.92 Å². The van der Waals surface area contributed by atoms with Crippen molar-refractivity contribution in [2.45, 2.75) is 71.1 Å². The van der Waals surface area contributed by atoms with Crippen molar-refractivity contribution in [1.82, 2.24) is 0 Å². The van der Waals surface area contributed by atoms with Crippen molar-refractivity contribution in [3.05, 3.63) is 28.8 Å². The van der Waals surface area contributed by atoms with Gasteiger partial charge in [0.15, 0.2) is 0 Å². The van der Waals surface area contributed by atoms with Crippen LogP contribution in [0.2, 0.25) is 0 Å². The molecule has 0 saturated carbocycles. The monoisotopic (exact) mass is 324 g/mol. The Morgan fingerprint density at radius 3 is 2.52 bits per heavy atom. The second kappa shape index (κ2) is 8.79. The van der Waals surface area contributed by atoms with Crippen LogP contribution in [-0.2, 0) is 12.8 Å². The van der Waals surface area contributed by atoms with Crippen LogP contribution in [0, 0.1) is 17.6 Å². The maximum atomic E-state index is 14.3. The molecule has 5 heteroatoms. The lowest BCUT2D eigenvalue weighted by atomic mass is 9.73. The molecule has 0 fully saturated rings. The number of halogens is 2. The Labute approximate surface area is 138 Å². The van der Waals surface area contributed by atoms with Gasteiger partial charge >= 0.3 is 7.12 Å². The normalized spacial score (nSPS) is 17.2. The summed E-state index contributed by atoms with van der Waals surface area (Å²) < 4.78 is 28.1. The summed E-state index contributed by atoms with van der Waals surface area (Å²) in [4.78, 5) is 0. The molecule has 0 radical (unpaired) electrons. The number of hydrogen-bond donors (Lipinski definition) is 2. The second-order valence-corrected chi connectivity index (χ2v) is 6.76. The zero-order valence-electron chi connectivity index (χ0n) is 14.0. The fourth-order valence-corrected chi connectivity index (χ4v) is 3.64. The molecule has 1 atom stereocenters. The average Bonchev–Trinajstić information content (AvgIpc) is 2.50. The highest BCUT2D eigenvalue weighted by molar-refractivity contribution is 6.58. The molecule has 1 unspecified atom stereocenters. The Bertz CT molecular complexity index is 520. The molecule has 0 heterocycles. The van der Waals surface area contributed by atoms with Crippen LogP contribution in [0.1, 0.15) is 69.4 Å². The molecule has 2 nitrogen and oxygen atoms in total. The van der Waals surface area contributed by atoms with Crippen LogP contribution >= 0.6 is 0 Å². The molecule has 0 saturated heterocycles. The molecular weight excluding hydrogens is 297 g/mol. The largest absolute Gasteiger partial charge is 0.494 e. The van der Waals surface area contributed by atoms with Crippen LogP contribution < -0.4 is 5.46 Å². The molecule has 0 aromatic heterocycles. The van der Waals surface area contributed by atoms with Gasteiger partial charge in [-0.25, -0.2) is 8.78 Å². The van der Waals surface area contributed by atoms with Crippen molar-refractivity contribution in [2.75, 3.05) is 0 Å². The predicted octanol–water partition coefficient (Wildman–Crippen LogP) is 3.50. The molecule has 1 aromatic rings. The standard InChI is InChI=1S/C18H27BF2O2/c1-2-3-4-5-6-7-8-13-9-10-15-14(11-13)12-16(20)17(18(15)21)19(22)23/h12-13,22-23H,2-11H2,1H3. The minimum absolute atomic E-state index is 0.466. The SMILES string of the molecule is CCCCCCCCC1CCc2c(cc(F)c(B(O)O)c2F)C1. The fourth-order valence-electron chi connectivity index (χ4n) is 3.64. The maximum absolute atomic E-state index is 14.3. The first-order chi connectivity index (χ1) is 11.0. The fraction of sp³-hybridized carbons (Fsp3) is 0.667. The van der Waals surface area contributed by atoms with Gasteiger partial charge in [-0.3, -0.25) is 0 Å². The van der Waals surface area contributed by atoms with Gasteiger partial charge in [0.1, 0.15) is 11.6 Å². The van der Waals surface area contributed by atoms with Crippen molar-refractivity contribution >= 4 is 12.6 Å². The molecule has 23 heavy (non-hydrogen) atoms. The molecule has 1 aromatic carbocycles. The Hall–Kier alpha value is -0.935. The van der Waals surface area contributed by atoms with E-state index >= 15 is 0 Å². The van der Waals surface area contributed by atoms with Gasteiger partial charge < -0.3 is 10.0 Å². The number of unbranched alkanes of at least 4 members (excludes halogenated alkanes) is 5. The molecule has 0 aliphatic heterocycles. The summed E-state index contributed by atoms with van der Waals surface area (Å²) in [6.45, 7) is 2.21. The van der Waals surface area contributed by atoms with Crippen molar-refractivity contribution < 1.29 is 18.8 Å². The third-order valence-corrected chi connectivity index (χ3v) is 4.98. The summed E-state index contributed by atoms with van der Waals surface area (Å²) in [5, 5.41) is 18.2. The van der Waals surface area contributed by atoms with Crippen molar-refractivity contribution in [3.8, 4) is 0 Å². The Kier molecular flexibility index (Phi) is 7.03. The van der Waals surface area contributed by atoms with Crippen LogP contribution in [0.4, 0.5) is 8.78 Å². The molecule has 0 amide bonds. The number of fused-ring (bicyclic) bond motifs is 1. The van der Waals surface area contributed by atoms with Gasteiger partial charge in [0.25, 0.3) is 0 Å². The minimum Gasteiger partial charge on any atom is -0.423 e. The Morgan fingerprint density at radius 2 is 1.83 bits per heavy atom. The van der Waals surface area contributed by atoms with Gasteiger partial charge in [-0.15, -0.1) is 0 Å². The van der Waals surface area contributed by atoms with E-state index in [2.05, 4.69) is 6.92 Å². The van der Waals surface area contributed by atoms with Crippen LogP contribution in [0.5, 0.6) is 0 Å². The zero-order chi connectivity index (χ0) is 16.8. The number of hydrogen-bond acceptors (Lipinski definition) is 2. The highest BCUT2D eigenvalue weighted by atomic mass is 19.1. The van der Waals surface area contributed by atoms with E-state index in [1.54, 1.807) is 0 Å². The van der Waals surface area contributed by atoms with E-state index in [9.17, 15) is 8.78 Å².